The van der Waals surface area contributed by atoms with Gasteiger partial charge in [-0.3, -0.25) is 0 Å². The Labute approximate surface area is 152 Å². The summed E-state index contributed by atoms with van der Waals surface area (Å²) in [4.78, 5) is 0. The van der Waals surface area contributed by atoms with Crippen molar-refractivity contribution in [2.45, 2.75) is 0 Å². The van der Waals surface area contributed by atoms with Crippen LogP contribution in [0.15, 0.2) is 30.3 Å². The standard InChI is InChI=1S/C13H7Cl5N2S/c14-6-1-7(15)3-8(2-6)19-13(21)20-12-5-10(17)9(16)4-11(12)18/h1-5H,(H2,19,20,21). The number of rotatable bonds is 2. The molecule has 0 heterocycles. The second kappa shape index (κ2) is 7.23. The Bertz CT molecular complexity index is 685. The van der Waals surface area contributed by atoms with Crippen molar-refractivity contribution in [1.82, 2.24) is 0 Å². The Morgan fingerprint density at radius 3 is 1.90 bits per heavy atom. The zero-order valence-electron chi connectivity index (χ0n) is 10.2. The van der Waals surface area contributed by atoms with Gasteiger partial charge in [0, 0.05) is 15.7 Å². The third-order valence-electron chi connectivity index (χ3n) is 2.38. The molecule has 2 rings (SSSR count). The second-order valence-electron chi connectivity index (χ2n) is 3.98. The molecule has 0 saturated carbocycles. The highest BCUT2D eigenvalue weighted by molar-refractivity contribution is 7.80. The quantitative estimate of drug-likeness (QED) is 0.430. The minimum atomic E-state index is 0.314. The van der Waals surface area contributed by atoms with Crippen molar-refractivity contribution >= 4 is 86.7 Å². The van der Waals surface area contributed by atoms with Crippen molar-refractivity contribution < 1.29 is 0 Å². The van der Waals surface area contributed by atoms with Gasteiger partial charge in [-0.1, -0.05) is 58.0 Å². The smallest absolute Gasteiger partial charge is 0.175 e. The highest BCUT2D eigenvalue weighted by Gasteiger charge is 2.08. The minimum absolute atomic E-state index is 0.314. The molecule has 0 radical (unpaired) electrons. The maximum atomic E-state index is 6.06. The number of hydrogen-bond donors (Lipinski definition) is 2. The van der Waals surface area contributed by atoms with Gasteiger partial charge in [0.25, 0.3) is 0 Å². The van der Waals surface area contributed by atoms with Crippen LogP contribution in [0.4, 0.5) is 11.4 Å². The third-order valence-corrected chi connectivity index (χ3v) is 4.05. The number of anilines is 2. The van der Waals surface area contributed by atoms with Crippen molar-refractivity contribution in [3.63, 3.8) is 0 Å². The van der Waals surface area contributed by atoms with Gasteiger partial charge in [0.2, 0.25) is 0 Å². The fourth-order valence-corrected chi connectivity index (χ4v) is 2.88. The van der Waals surface area contributed by atoms with Crippen molar-refractivity contribution in [3.05, 3.63) is 55.4 Å². The molecule has 0 fully saturated rings. The first-order valence-electron chi connectivity index (χ1n) is 5.54. The summed E-state index contributed by atoms with van der Waals surface area (Å²) in [7, 11) is 0. The Hall–Kier alpha value is -0.420. The van der Waals surface area contributed by atoms with Crippen molar-refractivity contribution in [2.75, 3.05) is 10.6 Å². The molecule has 0 amide bonds. The van der Waals surface area contributed by atoms with Crippen LogP contribution in [0.5, 0.6) is 0 Å². The Balaban J connectivity index is 2.13. The summed E-state index contributed by atoms with van der Waals surface area (Å²) < 4.78 is 0. The van der Waals surface area contributed by atoms with Crippen LogP contribution >= 0.6 is 70.2 Å². The van der Waals surface area contributed by atoms with Crippen LogP contribution in [0, 0.1) is 0 Å². The van der Waals surface area contributed by atoms with E-state index in [1.807, 2.05) is 0 Å². The molecule has 2 aromatic rings. The molecule has 0 unspecified atom stereocenters. The lowest BCUT2D eigenvalue weighted by atomic mass is 10.3. The van der Waals surface area contributed by atoms with E-state index in [0.29, 0.717) is 41.6 Å². The molecule has 21 heavy (non-hydrogen) atoms. The predicted octanol–water partition coefficient (Wildman–Crippen LogP) is 6.76. The Morgan fingerprint density at radius 2 is 1.29 bits per heavy atom. The van der Waals surface area contributed by atoms with E-state index in [9.17, 15) is 0 Å². The van der Waals surface area contributed by atoms with Gasteiger partial charge >= 0.3 is 0 Å². The van der Waals surface area contributed by atoms with Crippen LogP contribution in [0.1, 0.15) is 0 Å². The molecule has 8 heteroatoms. The summed E-state index contributed by atoms with van der Waals surface area (Å²) in [6.07, 6.45) is 0. The van der Waals surface area contributed by atoms with Gasteiger partial charge in [-0.2, -0.15) is 0 Å². The summed E-state index contributed by atoms with van der Waals surface area (Å²) in [6.45, 7) is 0. The lowest BCUT2D eigenvalue weighted by Gasteiger charge is -2.13. The van der Waals surface area contributed by atoms with E-state index in [1.54, 1.807) is 24.3 Å². The van der Waals surface area contributed by atoms with E-state index in [2.05, 4.69) is 10.6 Å². The molecule has 0 spiro atoms. The summed E-state index contributed by atoms with van der Waals surface area (Å²) in [5.41, 5.74) is 1.19. The minimum Gasteiger partial charge on any atom is -0.332 e. The van der Waals surface area contributed by atoms with Crippen LogP contribution in [-0.4, -0.2) is 5.11 Å². The second-order valence-corrected chi connectivity index (χ2v) is 6.49. The number of hydrogen-bond acceptors (Lipinski definition) is 1. The first-order valence-corrected chi connectivity index (χ1v) is 7.83. The molecule has 2 nitrogen and oxygen atoms in total. The van der Waals surface area contributed by atoms with Crippen molar-refractivity contribution in [2.24, 2.45) is 0 Å². The zero-order chi connectivity index (χ0) is 15.6. The van der Waals surface area contributed by atoms with Gasteiger partial charge in [-0.25, -0.2) is 0 Å². The molecule has 0 atom stereocenters. The van der Waals surface area contributed by atoms with Gasteiger partial charge in [0.1, 0.15) is 0 Å². The normalized spacial score (nSPS) is 10.3. The summed E-state index contributed by atoms with van der Waals surface area (Å²) >= 11 is 34.9. The van der Waals surface area contributed by atoms with Crippen LogP contribution in [-0.2, 0) is 0 Å². The first-order chi connectivity index (χ1) is 9.85. The average molecular weight is 401 g/mol. The van der Waals surface area contributed by atoms with Crippen LogP contribution in [0.3, 0.4) is 0 Å². The number of halogens is 5. The van der Waals surface area contributed by atoms with E-state index in [4.69, 9.17) is 70.2 Å². The van der Waals surface area contributed by atoms with Gasteiger partial charge < -0.3 is 10.6 Å². The summed E-state index contributed by atoms with van der Waals surface area (Å²) in [5.74, 6) is 0. The number of benzene rings is 2. The summed E-state index contributed by atoms with van der Waals surface area (Å²) in [6, 6.07) is 8.13. The summed E-state index contributed by atoms with van der Waals surface area (Å²) in [5, 5.41) is 8.33. The lowest BCUT2D eigenvalue weighted by Crippen LogP contribution is -2.19. The van der Waals surface area contributed by atoms with Crippen LogP contribution in [0.2, 0.25) is 25.1 Å². The molecular weight excluding hydrogens is 393 g/mol. The molecule has 0 aliphatic rings. The molecule has 0 aliphatic heterocycles. The van der Waals surface area contributed by atoms with E-state index in [-0.39, 0.29) is 0 Å². The average Bonchev–Trinajstić information content (AvgIpc) is 2.34. The molecular formula is C13H7Cl5N2S. The molecule has 0 bridgehead atoms. The van der Waals surface area contributed by atoms with Crippen molar-refractivity contribution in [3.8, 4) is 0 Å². The largest absolute Gasteiger partial charge is 0.332 e. The maximum Gasteiger partial charge on any atom is 0.175 e. The maximum absolute atomic E-state index is 6.06. The highest BCUT2D eigenvalue weighted by atomic mass is 35.5. The molecule has 2 aromatic carbocycles. The zero-order valence-corrected chi connectivity index (χ0v) is 14.8. The molecule has 0 aromatic heterocycles. The SMILES string of the molecule is S=C(Nc1cc(Cl)cc(Cl)c1)Nc1cc(Cl)c(Cl)cc1Cl. The van der Waals surface area contributed by atoms with Gasteiger partial charge in [-0.15, -0.1) is 0 Å². The fraction of sp³-hybridized carbons (Fsp3) is 0. The molecule has 110 valence electrons. The number of nitrogens with one attached hydrogen (secondary N) is 2. The number of thiocarbonyl (C=S) groups is 1. The van der Waals surface area contributed by atoms with Gasteiger partial charge in [-0.05, 0) is 42.5 Å². The van der Waals surface area contributed by atoms with Crippen LogP contribution < -0.4 is 10.6 Å². The first kappa shape index (κ1) is 16.9. The predicted molar refractivity (Wildman–Crippen MR) is 97.8 cm³/mol. The van der Waals surface area contributed by atoms with Crippen molar-refractivity contribution in [1.29, 1.82) is 0 Å². The molecule has 0 aliphatic carbocycles. The monoisotopic (exact) mass is 398 g/mol. The molecule has 2 N–H and O–H groups in total. The van der Waals surface area contributed by atoms with E-state index in [1.165, 1.54) is 6.07 Å². The topological polar surface area (TPSA) is 24.1 Å². The van der Waals surface area contributed by atoms with E-state index < -0.39 is 0 Å². The Morgan fingerprint density at radius 1 is 0.714 bits per heavy atom. The molecule has 0 saturated heterocycles. The highest BCUT2D eigenvalue weighted by Crippen LogP contribution is 2.32. The van der Waals surface area contributed by atoms with E-state index in [0.717, 1.165) is 0 Å². The van der Waals surface area contributed by atoms with Gasteiger partial charge in [0.05, 0.1) is 20.8 Å². The van der Waals surface area contributed by atoms with Crippen LogP contribution in [0.25, 0.3) is 0 Å². The van der Waals surface area contributed by atoms with E-state index >= 15 is 0 Å². The fourth-order valence-electron chi connectivity index (χ4n) is 1.53. The lowest BCUT2D eigenvalue weighted by molar-refractivity contribution is 1.59. The Kier molecular flexibility index (Phi) is 5.83. The third kappa shape index (κ3) is 4.78. The van der Waals surface area contributed by atoms with Gasteiger partial charge in [0.15, 0.2) is 5.11 Å².